The van der Waals surface area contributed by atoms with Gasteiger partial charge in [-0.2, -0.15) is 0 Å². The maximum absolute atomic E-state index is 12.7. The Hall–Kier alpha value is -2.95. The highest BCUT2D eigenvalue weighted by Crippen LogP contribution is 2.26. The first-order valence-corrected chi connectivity index (χ1v) is 10.2. The van der Waals surface area contributed by atoms with Crippen LogP contribution in [0.4, 0.5) is 0 Å². The molecule has 160 valence electrons. The van der Waals surface area contributed by atoms with Crippen molar-refractivity contribution in [2.24, 2.45) is 0 Å². The van der Waals surface area contributed by atoms with E-state index in [1.54, 1.807) is 12.1 Å². The standard InChI is InChI=1S/C25H31NO4/c1-15-16(2)18(4)24(19(5)17(15)3)25(29)30-14-23(28)22-11-9-21(10-12-22)8-7-13-26-20(6)27/h9-12H,7-8,13-14H2,1-6H3,(H,26,27). The minimum Gasteiger partial charge on any atom is -0.454 e. The van der Waals surface area contributed by atoms with E-state index in [-0.39, 0.29) is 18.3 Å². The number of hydrogen-bond acceptors (Lipinski definition) is 4. The van der Waals surface area contributed by atoms with Gasteiger partial charge in [0.25, 0.3) is 0 Å². The van der Waals surface area contributed by atoms with E-state index < -0.39 is 5.97 Å². The number of Topliss-reactive ketones (excluding diaryl/α,β-unsaturated/α-hetero) is 1. The SMILES string of the molecule is CC(=O)NCCCc1ccc(C(=O)COC(=O)c2c(C)c(C)c(C)c(C)c2C)cc1. The maximum Gasteiger partial charge on any atom is 0.339 e. The van der Waals surface area contributed by atoms with E-state index >= 15 is 0 Å². The molecule has 1 N–H and O–H groups in total. The van der Waals surface area contributed by atoms with E-state index in [0.29, 0.717) is 17.7 Å². The van der Waals surface area contributed by atoms with Gasteiger partial charge < -0.3 is 10.1 Å². The summed E-state index contributed by atoms with van der Waals surface area (Å²) in [6.45, 7) is 11.7. The third kappa shape index (κ3) is 5.56. The Morgan fingerprint density at radius 3 is 1.90 bits per heavy atom. The second-order valence-electron chi connectivity index (χ2n) is 7.78. The summed E-state index contributed by atoms with van der Waals surface area (Å²) < 4.78 is 5.36. The molecule has 0 saturated heterocycles. The van der Waals surface area contributed by atoms with Gasteiger partial charge in [0.05, 0.1) is 5.56 Å². The highest BCUT2D eigenvalue weighted by atomic mass is 16.5. The molecule has 0 aliphatic rings. The molecule has 0 spiro atoms. The van der Waals surface area contributed by atoms with Gasteiger partial charge in [-0.05, 0) is 80.8 Å². The largest absolute Gasteiger partial charge is 0.454 e. The number of ketones is 1. The molecule has 2 aromatic rings. The molecule has 0 fully saturated rings. The van der Waals surface area contributed by atoms with Crippen LogP contribution in [0.5, 0.6) is 0 Å². The molecule has 0 aliphatic carbocycles. The van der Waals surface area contributed by atoms with Crippen LogP contribution in [0.1, 0.15) is 67.4 Å². The molecule has 0 unspecified atom stereocenters. The van der Waals surface area contributed by atoms with Crippen molar-refractivity contribution in [1.82, 2.24) is 5.32 Å². The number of carbonyl (C=O) groups is 3. The zero-order chi connectivity index (χ0) is 22.4. The van der Waals surface area contributed by atoms with Crippen LogP contribution in [0.25, 0.3) is 0 Å². The molecule has 0 aromatic heterocycles. The van der Waals surface area contributed by atoms with E-state index in [1.807, 2.05) is 46.8 Å². The lowest BCUT2D eigenvalue weighted by Crippen LogP contribution is -2.21. The number of esters is 1. The van der Waals surface area contributed by atoms with Gasteiger partial charge in [0, 0.05) is 19.0 Å². The molecule has 1 amide bonds. The number of benzene rings is 2. The summed E-state index contributed by atoms with van der Waals surface area (Å²) >= 11 is 0. The van der Waals surface area contributed by atoms with Gasteiger partial charge in [0.1, 0.15) is 0 Å². The average molecular weight is 410 g/mol. The monoisotopic (exact) mass is 409 g/mol. The van der Waals surface area contributed by atoms with E-state index in [1.165, 1.54) is 12.5 Å². The average Bonchev–Trinajstić information content (AvgIpc) is 2.72. The predicted octanol–water partition coefficient (Wildman–Crippen LogP) is 4.34. The summed E-state index contributed by atoms with van der Waals surface area (Å²) in [5.41, 5.74) is 7.28. The smallest absolute Gasteiger partial charge is 0.339 e. The zero-order valence-corrected chi connectivity index (χ0v) is 18.8. The van der Waals surface area contributed by atoms with Gasteiger partial charge in [0.2, 0.25) is 5.91 Å². The Labute approximate surface area is 178 Å². The molecule has 0 atom stereocenters. The Bertz CT molecular complexity index is 929. The maximum atomic E-state index is 12.7. The van der Waals surface area contributed by atoms with Crippen LogP contribution < -0.4 is 5.32 Å². The first-order valence-electron chi connectivity index (χ1n) is 10.2. The van der Waals surface area contributed by atoms with Crippen LogP contribution in [0, 0.1) is 34.6 Å². The summed E-state index contributed by atoms with van der Waals surface area (Å²) in [7, 11) is 0. The second-order valence-corrected chi connectivity index (χ2v) is 7.78. The summed E-state index contributed by atoms with van der Waals surface area (Å²) in [5, 5.41) is 2.76. The third-order valence-electron chi connectivity index (χ3n) is 5.83. The zero-order valence-electron chi connectivity index (χ0n) is 18.8. The fourth-order valence-electron chi connectivity index (χ4n) is 3.51. The van der Waals surface area contributed by atoms with Crippen molar-refractivity contribution in [2.75, 3.05) is 13.2 Å². The second kappa shape index (κ2) is 10.2. The minimum atomic E-state index is -0.459. The molecule has 0 bridgehead atoms. The number of nitrogens with one attached hydrogen (secondary N) is 1. The number of hydrogen-bond donors (Lipinski definition) is 1. The number of aryl methyl sites for hydroxylation is 1. The molecule has 2 rings (SSSR count). The molecule has 5 nitrogen and oxygen atoms in total. The molecule has 0 heterocycles. The normalized spacial score (nSPS) is 10.6. The quantitative estimate of drug-likeness (QED) is 0.400. The lowest BCUT2D eigenvalue weighted by atomic mass is 9.90. The molecule has 0 radical (unpaired) electrons. The molecule has 2 aromatic carbocycles. The summed E-state index contributed by atoms with van der Waals surface area (Å²) in [6, 6.07) is 7.29. The van der Waals surface area contributed by atoms with Crippen LogP contribution >= 0.6 is 0 Å². The number of carbonyl (C=O) groups excluding carboxylic acids is 3. The van der Waals surface area contributed by atoms with Gasteiger partial charge in [0.15, 0.2) is 12.4 Å². The molecule has 0 saturated carbocycles. The predicted molar refractivity (Wildman–Crippen MR) is 118 cm³/mol. The summed E-state index contributed by atoms with van der Waals surface area (Å²) in [6.07, 6.45) is 1.65. The number of ether oxygens (including phenoxy) is 1. The van der Waals surface area contributed by atoms with Gasteiger partial charge in [-0.15, -0.1) is 0 Å². The van der Waals surface area contributed by atoms with Crippen LogP contribution in [-0.2, 0) is 16.0 Å². The van der Waals surface area contributed by atoms with Gasteiger partial charge >= 0.3 is 5.97 Å². The number of amides is 1. The summed E-state index contributed by atoms with van der Waals surface area (Å²) in [5.74, 6) is -0.727. The van der Waals surface area contributed by atoms with E-state index in [2.05, 4.69) is 5.32 Å². The minimum absolute atomic E-state index is 0.0353. The van der Waals surface area contributed by atoms with Crippen LogP contribution in [0.3, 0.4) is 0 Å². The Balaban J connectivity index is 1.98. The highest BCUT2D eigenvalue weighted by Gasteiger charge is 2.20. The molecule has 0 aliphatic heterocycles. The lowest BCUT2D eigenvalue weighted by Gasteiger charge is -2.17. The Morgan fingerprint density at radius 2 is 1.37 bits per heavy atom. The van der Waals surface area contributed by atoms with E-state index in [4.69, 9.17) is 4.74 Å². The van der Waals surface area contributed by atoms with Crippen molar-refractivity contribution in [1.29, 1.82) is 0 Å². The van der Waals surface area contributed by atoms with E-state index in [9.17, 15) is 14.4 Å². The van der Waals surface area contributed by atoms with Crippen LogP contribution in [-0.4, -0.2) is 30.8 Å². The first-order chi connectivity index (χ1) is 14.1. The van der Waals surface area contributed by atoms with Crippen molar-refractivity contribution >= 4 is 17.7 Å². The molecular weight excluding hydrogens is 378 g/mol. The van der Waals surface area contributed by atoms with Crippen molar-refractivity contribution < 1.29 is 19.1 Å². The van der Waals surface area contributed by atoms with Crippen molar-refractivity contribution in [2.45, 2.75) is 54.4 Å². The van der Waals surface area contributed by atoms with E-state index in [0.717, 1.165) is 40.7 Å². The van der Waals surface area contributed by atoms with Gasteiger partial charge in [-0.3, -0.25) is 9.59 Å². The topological polar surface area (TPSA) is 72.5 Å². The van der Waals surface area contributed by atoms with Gasteiger partial charge in [-0.1, -0.05) is 24.3 Å². The molecule has 30 heavy (non-hydrogen) atoms. The molecule has 5 heteroatoms. The highest BCUT2D eigenvalue weighted by molar-refractivity contribution is 6.00. The third-order valence-corrected chi connectivity index (χ3v) is 5.83. The molecular formula is C25H31NO4. The van der Waals surface area contributed by atoms with Crippen LogP contribution in [0.15, 0.2) is 24.3 Å². The van der Waals surface area contributed by atoms with Crippen LogP contribution in [0.2, 0.25) is 0 Å². The van der Waals surface area contributed by atoms with Gasteiger partial charge in [-0.25, -0.2) is 4.79 Å². The van der Waals surface area contributed by atoms with Crippen molar-refractivity contribution in [3.05, 3.63) is 68.8 Å². The number of rotatable bonds is 8. The lowest BCUT2D eigenvalue weighted by molar-refractivity contribution is -0.118. The fourth-order valence-corrected chi connectivity index (χ4v) is 3.51. The summed E-state index contributed by atoms with van der Waals surface area (Å²) in [4.78, 5) is 36.0. The fraction of sp³-hybridized carbons (Fsp3) is 0.400. The Kier molecular flexibility index (Phi) is 7.93. The first kappa shape index (κ1) is 23.3. The van der Waals surface area contributed by atoms with Crippen molar-refractivity contribution in [3.63, 3.8) is 0 Å². The van der Waals surface area contributed by atoms with Crippen molar-refractivity contribution in [3.8, 4) is 0 Å². The Morgan fingerprint density at radius 1 is 0.833 bits per heavy atom.